The summed E-state index contributed by atoms with van der Waals surface area (Å²) in [6.45, 7) is 2.92. The predicted octanol–water partition coefficient (Wildman–Crippen LogP) is 4.04. The number of hydrogen-bond donors (Lipinski definition) is 1. The van der Waals surface area contributed by atoms with Crippen molar-refractivity contribution in [1.82, 2.24) is 4.90 Å². The van der Waals surface area contributed by atoms with Crippen LogP contribution in [0.3, 0.4) is 0 Å². The summed E-state index contributed by atoms with van der Waals surface area (Å²) in [5.74, 6) is -0.354. The number of hydrogen-bond acceptors (Lipinski definition) is 7. The largest absolute Gasteiger partial charge is 0.335 e. The molecule has 0 bridgehead atoms. The molecule has 1 aromatic carbocycles. The van der Waals surface area contributed by atoms with Gasteiger partial charge in [0.1, 0.15) is 4.32 Å². The molecule has 2 heterocycles. The number of para-hydroxylation sites is 1. The van der Waals surface area contributed by atoms with Gasteiger partial charge in [-0.25, -0.2) is 0 Å². The number of amides is 1. The number of anilines is 1. The first-order valence-electron chi connectivity index (χ1n) is 8.92. The molecule has 1 fully saturated rings. The lowest BCUT2D eigenvalue weighted by molar-refractivity contribution is -0.122. The number of allylic oxidation sites excluding steroid dienone is 4. The Bertz CT molecular complexity index is 1010. The molecule has 1 amide bonds. The number of thioether (sulfide) groups is 2. The summed E-state index contributed by atoms with van der Waals surface area (Å²) in [6, 6.07) is 7.88. The Kier molecular flexibility index (Phi) is 7.23. The zero-order chi connectivity index (χ0) is 21.0. The van der Waals surface area contributed by atoms with Crippen molar-refractivity contribution in [3.05, 3.63) is 58.5 Å². The third-order valence-electron chi connectivity index (χ3n) is 4.21. The maximum atomic E-state index is 12.2. The van der Waals surface area contributed by atoms with Gasteiger partial charge in [0.15, 0.2) is 0 Å². The quantitative estimate of drug-likeness (QED) is 0.365. The van der Waals surface area contributed by atoms with Gasteiger partial charge in [-0.05, 0) is 37.6 Å². The van der Waals surface area contributed by atoms with E-state index in [1.165, 1.54) is 11.8 Å². The van der Waals surface area contributed by atoms with Crippen LogP contribution in [0.2, 0.25) is 0 Å². The third kappa shape index (κ3) is 5.52. The summed E-state index contributed by atoms with van der Waals surface area (Å²) >= 11 is 8.09. The van der Waals surface area contributed by atoms with Crippen LogP contribution in [0.5, 0.6) is 0 Å². The number of rotatable bonds is 7. The van der Waals surface area contributed by atoms with Crippen LogP contribution in [-0.2, 0) is 14.9 Å². The fourth-order valence-corrected chi connectivity index (χ4v) is 5.81. The molecule has 29 heavy (non-hydrogen) atoms. The summed E-state index contributed by atoms with van der Waals surface area (Å²) in [4.78, 5) is 17.5. The Labute approximate surface area is 184 Å². The summed E-state index contributed by atoms with van der Waals surface area (Å²) in [6.07, 6.45) is 7.64. The Morgan fingerprint density at radius 1 is 1.14 bits per heavy atom. The molecule has 0 atom stereocenters. The van der Waals surface area contributed by atoms with Gasteiger partial charge in [0.05, 0.1) is 21.4 Å². The van der Waals surface area contributed by atoms with Crippen LogP contribution < -0.4 is 4.90 Å². The minimum absolute atomic E-state index is 0.0747. The van der Waals surface area contributed by atoms with Crippen molar-refractivity contribution < 1.29 is 17.8 Å². The van der Waals surface area contributed by atoms with E-state index in [1.807, 2.05) is 48.2 Å². The number of nitrogens with zero attached hydrogens (tertiary/aromatic N) is 2. The number of carbonyl (C=O) groups is 1. The molecule has 0 unspecified atom stereocenters. The molecule has 1 aromatic rings. The first-order chi connectivity index (χ1) is 13.8. The van der Waals surface area contributed by atoms with Gasteiger partial charge in [0.25, 0.3) is 16.0 Å². The zero-order valence-electron chi connectivity index (χ0n) is 15.6. The van der Waals surface area contributed by atoms with Gasteiger partial charge in [-0.15, -0.1) is 0 Å². The van der Waals surface area contributed by atoms with Gasteiger partial charge < -0.3 is 4.90 Å². The average molecular weight is 469 g/mol. The van der Waals surface area contributed by atoms with E-state index in [-0.39, 0.29) is 11.7 Å². The second-order valence-electron chi connectivity index (χ2n) is 6.20. The van der Waals surface area contributed by atoms with E-state index in [2.05, 4.69) is 0 Å². The van der Waals surface area contributed by atoms with Gasteiger partial charge in [0, 0.05) is 18.0 Å². The number of benzene rings is 1. The minimum atomic E-state index is -3.98. The van der Waals surface area contributed by atoms with Crippen molar-refractivity contribution in [2.24, 2.45) is 0 Å². The topological polar surface area (TPSA) is 77.9 Å². The number of carbonyl (C=O) groups excluding carboxylic acids is 1. The molecule has 2 aliphatic heterocycles. The molecule has 1 saturated heterocycles. The molecule has 0 radical (unpaired) electrons. The highest BCUT2D eigenvalue weighted by Crippen LogP contribution is 2.45. The second-order valence-corrected chi connectivity index (χ2v) is 10.5. The molecule has 0 aromatic heterocycles. The normalized spacial score (nSPS) is 19.9. The van der Waals surface area contributed by atoms with E-state index in [1.54, 1.807) is 28.8 Å². The first kappa shape index (κ1) is 22.1. The lowest BCUT2D eigenvalue weighted by Gasteiger charge is -2.19. The highest BCUT2D eigenvalue weighted by molar-refractivity contribution is 8.26. The molecule has 3 rings (SSSR count). The first-order valence-corrected chi connectivity index (χ1v) is 12.6. The van der Waals surface area contributed by atoms with E-state index in [4.69, 9.17) is 16.8 Å². The van der Waals surface area contributed by atoms with Gasteiger partial charge >= 0.3 is 0 Å². The molecule has 0 saturated carbocycles. The maximum absolute atomic E-state index is 12.2. The highest BCUT2D eigenvalue weighted by Gasteiger charge is 2.30. The van der Waals surface area contributed by atoms with Crippen molar-refractivity contribution in [3.63, 3.8) is 0 Å². The second kappa shape index (κ2) is 9.48. The molecule has 2 aliphatic rings. The summed E-state index contributed by atoms with van der Waals surface area (Å²) in [7, 11) is -3.98. The van der Waals surface area contributed by atoms with Gasteiger partial charge in [-0.1, -0.05) is 60.0 Å². The van der Waals surface area contributed by atoms with Crippen LogP contribution in [0, 0.1) is 0 Å². The highest BCUT2D eigenvalue weighted by atomic mass is 32.2. The number of fused-ring (bicyclic) bond motifs is 1. The van der Waals surface area contributed by atoms with Crippen molar-refractivity contribution in [2.75, 3.05) is 23.7 Å². The number of likely N-dealkylation sites (N-methyl/N-ethyl adjacent to an activating group) is 1. The SMILES string of the molecule is CCN1C(=O)/C(=C/C=C/C=C2/Sc3ccccc3N2CCCS(=O)(=O)O)SC1=S. The molecule has 6 nitrogen and oxygen atoms in total. The van der Waals surface area contributed by atoms with Gasteiger partial charge in [0.2, 0.25) is 0 Å². The summed E-state index contributed by atoms with van der Waals surface area (Å²) < 4.78 is 31.6. The standard InChI is InChI=1S/C19H20N2O4S4/c1-2-20-18(22)16(28-19(20)26)10-5-6-11-17-21(12-7-13-29(23,24)25)14-8-3-4-9-15(14)27-17/h3-6,8-11H,2,7,12-13H2,1H3,(H,23,24,25)/b6-5+,16-10-,17-11+. The Morgan fingerprint density at radius 3 is 2.55 bits per heavy atom. The van der Waals surface area contributed by atoms with E-state index in [9.17, 15) is 13.2 Å². The average Bonchev–Trinajstić information content (AvgIpc) is 3.14. The Morgan fingerprint density at radius 2 is 1.86 bits per heavy atom. The van der Waals surface area contributed by atoms with Crippen molar-refractivity contribution in [2.45, 2.75) is 18.2 Å². The van der Waals surface area contributed by atoms with Gasteiger partial charge in [-0.2, -0.15) is 8.42 Å². The monoisotopic (exact) mass is 468 g/mol. The lowest BCUT2D eigenvalue weighted by Crippen LogP contribution is -2.27. The molecule has 1 N–H and O–H groups in total. The van der Waals surface area contributed by atoms with E-state index in [0.29, 0.717) is 28.7 Å². The van der Waals surface area contributed by atoms with Crippen molar-refractivity contribution >= 4 is 61.8 Å². The van der Waals surface area contributed by atoms with Crippen molar-refractivity contribution in [3.8, 4) is 0 Å². The number of thiocarbonyl (C=S) groups is 1. The third-order valence-corrected chi connectivity index (χ3v) is 7.54. The minimum Gasteiger partial charge on any atom is -0.335 e. The molecule has 0 aliphatic carbocycles. The summed E-state index contributed by atoms with van der Waals surface area (Å²) in [5.41, 5.74) is 1.01. The molecular formula is C19H20N2O4S4. The molecule has 154 valence electrons. The lowest BCUT2D eigenvalue weighted by atomic mass is 10.3. The maximum Gasteiger partial charge on any atom is 0.266 e. The summed E-state index contributed by atoms with van der Waals surface area (Å²) in [5, 5.41) is 0.951. The fourth-order valence-electron chi connectivity index (χ4n) is 2.88. The zero-order valence-corrected chi connectivity index (χ0v) is 18.9. The van der Waals surface area contributed by atoms with E-state index < -0.39 is 10.1 Å². The van der Waals surface area contributed by atoms with Crippen LogP contribution in [0.4, 0.5) is 5.69 Å². The van der Waals surface area contributed by atoms with E-state index in [0.717, 1.165) is 15.6 Å². The van der Waals surface area contributed by atoms with Crippen LogP contribution in [0.15, 0.2) is 63.4 Å². The van der Waals surface area contributed by atoms with Crippen LogP contribution in [-0.4, -0.2) is 46.9 Å². The molecular weight excluding hydrogens is 448 g/mol. The smallest absolute Gasteiger partial charge is 0.266 e. The van der Waals surface area contributed by atoms with Crippen LogP contribution >= 0.6 is 35.7 Å². The Balaban J connectivity index is 1.73. The molecule has 0 spiro atoms. The van der Waals surface area contributed by atoms with Crippen molar-refractivity contribution in [1.29, 1.82) is 0 Å². The predicted molar refractivity (Wildman–Crippen MR) is 124 cm³/mol. The Hall–Kier alpha value is -1.59. The van der Waals surface area contributed by atoms with Crippen LogP contribution in [0.1, 0.15) is 13.3 Å². The fraction of sp³-hybridized carbons (Fsp3) is 0.263. The van der Waals surface area contributed by atoms with Crippen LogP contribution in [0.25, 0.3) is 0 Å². The molecule has 10 heteroatoms. The van der Waals surface area contributed by atoms with Gasteiger partial charge in [-0.3, -0.25) is 14.2 Å². The van der Waals surface area contributed by atoms with E-state index >= 15 is 0 Å².